The van der Waals surface area contributed by atoms with Gasteiger partial charge in [-0.05, 0) is 37.8 Å². The van der Waals surface area contributed by atoms with Gasteiger partial charge in [-0.2, -0.15) is 0 Å². The molecule has 0 saturated heterocycles. The van der Waals surface area contributed by atoms with Gasteiger partial charge in [-0.25, -0.2) is 0 Å². The molecule has 1 atom stereocenters. The molecule has 0 radical (unpaired) electrons. The first kappa shape index (κ1) is 13.6. The Bertz CT molecular complexity index is 365. The highest BCUT2D eigenvalue weighted by molar-refractivity contribution is 5.69. The maximum Gasteiger partial charge on any atom is 0.306 e. The molecule has 0 aliphatic carbocycles. The summed E-state index contributed by atoms with van der Waals surface area (Å²) in [5.74, 6) is -0.107. The minimum Gasteiger partial charge on any atom is -0.493 e. The molecule has 0 amide bonds. The summed E-state index contributed by atoms with van der Waals surface area (Å²) in [6.07, 6.45) is 1.42. The van der Waals surface area contributed by atoms with Gasteiger partial charge in [0.2, 0.25) is 0 Å². The summed E-state index contributed by atoms with van der Waals surface area (Å²) in [6.45, 7) is 6.33. The van der Waals surface area contributed by atoms with Crippen LogP contribution >= 0.6 is 0 Å². The Hall–Kier alpha value is -1.51. The van der Waals surface area contributed by atoms with Crippen LogP contribution in [0.25, 0.3) is 0 Å². The third-order valence-corrected chi connectivity index (χ3v) is 2.86. The van der Waals surface area contributed by atoms with Crippen molar-refractivity contribution in [2.75, 3.05) is 6.61 Å². The predicted octanol–water partition coefficient (Wildman–Crippen LogP) is 3.18. The number of carboxylic acids is 1. The molecule has 0 aliphatic rings. The standard InChI is InChI=1S/C14H20O3/c1-10-6-4-7-11(2)13(10)17-9-5-8-12(3)14(15)16/h4,6-7,12H,5,8-9H2,1-3H3,(H,15,16). The van der Waals surface area contributed by atoms with E-state index in [9.17, 15) is 4.79 Å². The van der Waals surface area contributed by atoms with Gasteiger partial charge in [0.25, 0.3) is 0 Å². The first-order valence-electron chi connectivity index (χ1n) is 5.94. The molecule has 1 aromatic rings. The molecule has 0 aliphatic heterocycles. The number of rotatable bonds is 6. The van der Waals surface area contributed by atoms with Gasteiger partial charge in [0, 0.05) is 0 Å². The molecule has 0 aromatic heterocycles. The van der Waals surface area contributed by atoms with Gasteiger partial charge < -0.3 is 9.84 Å². The number of aliphatic carboxylic acids is 1. The fraction of sp³-hybridized carbons (Fsp3) is 0.500. The molecule has 0 fully saturated rings. The maximum atomic E-state index is 10.6. The van der Waals surface area contributed by atoms with Crippen LogP contribution in [0.3, 0.4) is 0 Å². The van der Waals surface area contributed by atoms with Gasteiger partial charge >= 0.3 is 5.97 Å². The lowest BCUT2D eigenvalue weighted by Gasteiger charge is -2.12. The van der Waals surface area contributed by atoms with Gasteiger partial charge in [0.15, 0.2) is 0 Å². The molecule has 3 heteroatoms. The number of aryl methyl sites for hydroxylation is 2. The summed E-state index contributed by atoms with van der Waals surface area (Å²) in [4.78, 5) is 10.6. The van der Waals surface area contributed by atoms with Crippen molar-refractivity contribution in [2.45, 2.75) is 33.6 Å². The number of hydrogen-bond acceptors (Lipinski definition) is 2. The minimum absolute atomic E-state index is 0.295. The lowest BCUT2D eigenvalue weighted by molar-refractivity contribution is -0.141. The zero-order valence-corrected chi connectivity index (χ0v) is 10.7. The molecule has 17 heavy (non-hydrogen) atoms. The third-order valence-electron chi connectivity index (χ3n) is 2.86. The molecule has 0 heterocycles. The van der Waals surface area contributed by atoms with Crippen LogP contribution in [0.5, 0.6) is 5.75 Å². The molecule has 0 bridgehead atoms. The lowest BCUT2D eigenvalue weighted by Crippen LogP contribution is -2.11. The molecule has 1 unspecified atom stereocenters. The van der Waals surface area contributed by atoms with E-state index in [2.05, 4.69) is 0 Å². The summed E-state index contributed by atoms with van der Waals surface area (Å²) in [6, 6.07) is 6.04. The molecule has 3 nitrogen and oxygen atoms in total. The van der Waals surface area contributed by atoms with E-state index in [1.54, 1.807) is 6.92 Å². The lowest BCUT2D eigenvalue weighted by atomic mass is 10.1. The van der Waals surface area contributed by atoms with Crippen LogP contribution in [0.15, 0.2) is 18.2 Å². The first-order chi connectivity index (χ1) is 8.02. The van der Waals surface area contributed by atoms with E-state index < -0.39 is 5.97 Å². The predicted molar refractivity (Wildman–Crippen MR) is 67.4 cm³/mol. The third kappa shape index (κ3) is 4.10. The average molecular weight is 236 g/mol. The first-order valence-corrected chi connectivity index (χ1v) is 5.94. The second-order valence-electron chi connectivity index (χ2n) is 4.45. The van der Waals surface area contributed by atoms with Crippen LogP contribution < -0.4 is 4.74 Å². The van der Waals surface area contributed by atoms with Crippen molar-refractivity contribution >= 4 is 5.97 Å². The van der Waals surface area contributed by atoms with Gasteiger partial charge in [0.1, 0.15) is 5.75 Å². The smallest absolute Gasteiger partial charge is 0.306 e. The van der Waals surface area contributed by atoms with E-state index in [0.717, 1.165) is 23.3 Å². The summed E-state index contributed by atoms with van der Waals surface area (Å²) in [5.41, 5.74) is 2.24. The second kappa shape index (κ2) is 6.28. The van der Waals surface area contributed by atoms with Crippen LogP contribution in [0.2, 0.25) is 0 Å². The average Bonchev–Trinajstić information content (AvgIpc) is 2.27. The van der Waals surface area contributed by atoms with Crippen molar-refractivity contribution in [2.24, 2.45) is 5.92 Å². The van der Waals surface area contributed by atoms with Crippen LogP contribution in [0, 0.1) is 19.8 Å². The SMILES string of the molecule is Cc1cccc(C)c1OCCCC(C)C(=O)O. The van der Waals surface area contributed by atoms with E-state index in [4.69, 9.17) is 9.84 Å². The number of carboxylic acid groups (broad SMARTS) is 1. The Labute approximate surface area is 102 Å². The van der Waals surface area contributed by atoms with Crippen molar-refractivity contribution in [1.29, 1.82) is 0 Å². The summed E-state index contributed by atoms with van der Waals surface area (Å²) >= 11 is 0. The molecule has 1 rings (SSSR count). The molecule has 1 N–H and O–H groups in total. The highest BCUT2D eigenvalue weighted by Crippen LogP contribution is 2.22. The Morgan fingerprint density at radius 1 is 1.35 bits per heavy atom. The highest BCUT2D eigenvalue weighted by atomic mass is 16.5. The van der Waals surface area contributed by atoms with Crippen molar-refractivity contribution in [3.05, 3.63) is 29.3 Å². The van der Waals surface area contributed by atoms with Crippen LogP contribution in [-0.2, 0) is 4.79 Å². The topological polar surface area (TPSA) is 46.5 Å². The quantitative estimate of drug-likeness (QED) is 0.772. The summed E-state index contributed by atoms with van der Waals surface area (Å²) in [7, 11) is 0. The van der Waals surface area contributed by atoms with E-state index in [1.807, 2.05) is 32.0 Å². The van der Waals surface area contributed by atoms with Gasteiger partial charge in [-0.3, -0.25) is 4.79 Å². The fourth-order valence-corrected chi connectivity index (χ4v) is 1.71. The molecular weight excluding hydrogens is 216 g/mol. The molecule has 0 saturated carbocycles. The van der Waals surface area contributed by atoms with E-state index in [-0.39, 0.29) is 5.92 Å². The molecule has 1 aromatic carbocycles. The van der Waals surface area contributed by atoms with Crippen molar-refractivity contribution in [1.82, 2.24) is 0 Å². The Morgan fingerprint density at radius 2 is 1.94 bits per heavy atom. The number of carbonyl (C=O) groups is 1. The van der Waals surface area contributed by atoms with Crippen LogP contribution in [0.1, 0.15) is 30.9 Å². The summed E-state index contributed by atoms with van der Waals surface area (Å²) in [5, 5.41) is 8.75. The number of hydrogen-bond donors (Lipinski definition) is 1. The highest BCUT2D eigenvalue weighted by Gasteiger charge is 2.10. The van der Waals surface area contributed by atoms with Gasteiger partial charge in [0.05, 0.1) is 12.5 Å². The fourth-order valence-electron chi connectivity index (χ4n) is 1.71. The van der Waals surface area contributed by atoms with Crippen LogP contribution in [0.4, 0.5) is 0 Å². The van der Waals surface area contributed by atoms with Crippen LogP contribution in [-0.4, -0.2) is 17.7 Å². The minimum atomic E-state index is -0.739. The number of para-hydroxylation sites is 1. The zero-order chi connectivity index (χ0) is 12.8. The molecule has 0 spiro atoms. The Balaban J connectivity index is 2.39. The second-order valence-corrected chi connectivity index (χ2v) is 4.45. The summed E-state index contributed by atoms with van der Waals surface area (Å²) < 4.78 is 5.70. The Morgan fingerprint density at radius 3 is 2.47 bits per heavy atom. The largest absolute Gasteiger partial charge is 0.493 e. The maximum absolute atomic E-state index is 10.6. The monoisotopic (exact) mass is 236 g/mol. The van der Waals surface area contributed by atoms with Crippen molar-refractivity contribution in [3.8, 4) is 5.75 Å². The molecular formula is C14H20O3. The van der Waals surface area contributed by atoms with Crippen molar-refractivity contribution < 1.29 is 14.6 Å². The van der Waals surface area contributed by atoms with E-state index >= 15 is 0 Å². The molecule has 94 valence electrons. The number of benzene rings is 1. The Kier molecular flexibility index (Phi) is 5.01. The van der Waals surface area contributed by atoms with E-state index in [1.165, 1.54) is 0 Å². The normalized spacial score (nSPS) is 12.2. The van der Waals surface area contributed by atoms with Crippen molar-refractivity contribution in [3.63, 3.8) is 0 Å². The van der Waals surface area contributed by atoms with Gasteiger partial charge in [-0.1, -0.05) is 25.1 Å². The van der Waals surface area contributed by atoms with Gasteiger partial charge in [-0.15, -0.1) is 0 Å². The number of ether oxygens (including phenoxy) is 1. The zero-order valence-electron chi connectivity index (χ0n) is 10.7. The van der Waals surface area contributed by atoms with E-state index in [0.29, 0.717) is 13.0 Å².